The van der Waals surface area contributed by atoms with Crippen LogP contribution >= 0.6 is 0 Å². The molecule has 2 rings (SSSR count). The molecule has 4 nitrogen and oxygen atoms in total. The van der Waals surface area contributed by atoms with Crippen molar-refractivity contribution in [3.8, 4) is 5.75 Å². The molecule has 0 saturated heterocycles. The van der Waals surface area contributed by atoms with Crippen molar-refractivity contribution in [3.05, 3.63) is 41.1 Å². The molecular formula is C15H19N3O. The predicted octanol–water partition coefficient (Wildman–Crippen LogP) is 3.34. The van der Waals surface area contributed by atoms with Crippen molar-refractivity contribution in [1.29, 1.82) is 0 Å². The van der Waals surface area contributed by atoms with Crippen LogP contribution in [0.15, 0.2) is 24.3 Å². The second-order valence-corrected chi connectivity index (χ2v) is 4.66. The average Bonchev–Trinajstić information content (AvgIpc) is 2.33. The van der Waals surface area contributed by atoms with E-state index in [0.717, 1.165) is 28.5 Å². The van der Waals surface area contributed by atoms with Gasteiger partial charge in [-0.25, -0.2) is 4.98 Å². The standard InChI is InChI=1S/C15H19N3O/c1-9-7-10(2)15(19-4)13(8-9)18-14-6-5-12(16)11(3)17-14/h5-8H,16H2,1-4H3,(H,17,18). The molecule has 3 N–H and O–H groups in total. The Hall–Kier alpha value is -2.23. The Balaban J connectivity index is 2.39. The molecule has 0 spiro atoms. The molecule has 0 unspecified atom stereocenters. The number of rotatable bonds is 3. The first kappa shape index (κ1) is 13.2. The molecule has 0 aliphatic heterocycles. The van der Waals surface area contributed by atoms with Crippen molar-refractivity contribution in [3.63, 3.8) is 0 Å². The number of nitrogen functional groups attached to an aromatic ring is 1. The fourth-order valence-corrected chi connectivity index (χ4v) is 2.10. The lowest BCUT2D eigenvalue weighted by Gasteiger charge is -2.14. The van der Waals surface area contributed by atoms with Gasteiger partial charge in [-0.1, -0.05) is 6.07 Å². The Kier molecular flexibility index (Phi) is 3.60. The maximum Gasteiger partial charge on any atom is 0.145 e. The quantitative estimate of drug-likeness (QED) is 0.885. The van der Waals surface area contributed by atoms with Gasteiger partial charge in [-0.3, -0.25) is 0 Å². The van der Waals surface area contributed by atoms with Crippen LogP contribution in [0.25, 0.3) is 0 Å². The van der Waals surface area contributed by atoms with Gasteiger partial charge in [-0.15, -0.1) is 0 Å². The number of aromatic nitrogens is 1. The number of nitrogens with zero attached hydrogens (tertiary/aromatic N) is 1. The number of methoxy groups -OCH3 is 1. The number of benzene rings is 1. The summed E-state index contributed by atoms with van der Waals surface area (Å²) in [4.78, 5) is 4.41. The van der Waals surface area contributed by atoms with Crippen molar-refractivity contribution >= 4 is 17.2 Å². The van der Waals surface area contributed by atoms with Crippen LogP contribution in [0.1, 0.15) is 16.8 Å². The van der Waals surface area contributed by atoms with Crippen LogP contribution in [-0.4, -0.2) is 12.1 Å². The van der Waals surface area contributed by atoms with E-state index in [2.05, 4.69) is 23.3 Å². The molecule has 2 aromatic rings. The number of nitrogens with two attached hydrogens (primary N) is 1. The van der Waals surface area contributed by atoms with Gasteiger partial charge in [0.1, 0.15) is 11.6 Å². The highest BCUT2D eigenvalue weighted by Crippen LogP contribution is 2.32. The normalized spacial score (nSPS) is 10.3. The molecule has 4 heteroatoms. The predicted molar refractivity (Wildman–Crippen MR) is 79.1 cm³/mol. The number of pyridine rings is 1. The summed E-state index contributed by atoms with van der Waals surface area (Å²) >= 11 is 0. The summed E-state index contributed by atoms with van der Waals surface area (Å²) < 4.78 is 5.44. The summed E-state index contributed by atoms with van der Waals surface area (Å²) in [5.74, 6) is 1.59. The zero-order valence-electron chi connectivity index (χ0n) is 11.7. The average molecular weight is 257 g/mol. The van der Waals surface area contributed by atoms with Gasteiger partial charge in [0.25, 0.3) is 0 Å². The number of ether oxygens (including phenoxy) is 1. The Labute approximate surface area is 113 Å². The number of anilines is 3. The smallest absolute Gasteiger partial charge is 0.145 e. The summed E-state index contributed by atoms with van der Waals surface area (Å²) in [6.45, 7) is 5.97. The second kappa shape index (κ2) is 5.18. The summed E-state index contributed by atoms with van der Waals surface area (Å²) in [7, 11) is 1.67. The summed E-state index contributed by atoms with van der Waals surface area (Å²) in [5.41, 5.74) is 10.5. The summed E-state index contributed by atoms with van der Waals surface area (Å²) in [6.07, 6.45) is 0. The summed E-state index contributed by atoms with van der Waals surface area (Å²) in [5, 5.41) is 3.28. The number of nitrogens with one attached hydrogen (secondary N) is 1. The van der Waals surface area contributed by atoms with E-state index in [1.165, 1.54) is 5.56 Å². The molecular weight excluding hydrogens is 238 g/mol. The van der Waals surface area contributed by atoms with E-state index in [9.17, 15) is 0 Å². The zero-order chi connectivity index (χ0) is 14.0. The van der Waals surface area contributed by atoms with E-state index >= 15 is 0 Å². The van der Waals surface area contributed by atoms with Crippen molar-refractivity contribution in [2.45, 2.75) is 20.8 Å². The van der Waals surface area contributed by atoms with Crippen molar-refractivity contribution in [2.75, 3.05) is 18.2 Å². The fraction of sp³-hybridized carbons (Fsp3) is 0.267. The van der Waals surface area contributed by atoms with Crippen molar-refractivity contribution in [2.24, 2.45) is 0 Å². The van der Waals surface area contributed by atoms with E-state index in [4.69, 9.17) is 10.5 Å². The minimum absolute atomic E-state index is 0.693. The van der Waals surface area contributed by atoms with Gasteiger partial charge in [-0.05, 0) is 50.1 Å². The molecule has 0 aliphatic carbocycles. The molecule has 0 radical (unpaired) electrons. The number of hydrogen-bond acceptors (Lipinski definition) is 4. The molecule has 0 fully saturated rings. The molecule has 1 aromatic heterocycles. The van der Waals surface area contributed by atoms with Crippen LogP contribution in [0, 0.1) is 20.8 Å². The van der Waals surface area contributed by atoms with Crippen LogP contribution in [0.5, 0.6) is 5.75 Å². The third-order valence-electron chi connectivity index (χ3n) is 3.01. The lowest BCUT2D eigenvalue weighted by Crippen LogP contribution is -2.01. The Morgan fingerprint density at radius 1 is 1.16 bits per heavy atom. The van der Waals surface area contributed by atoms with Crippen molar-refractivity contribution < 1.29 is 4.74 Å². The number of hydrogen-bond donors (Lipinski definition) is 2. The fourth-order valence-electron chi connectivity index (χ4n) is 2.10. The van der Waals surface area contributed by atoms with Crippen LogP contribution in [-0.2, 0) is 0 Å². The van der Waals surface area contributed by atoms with Crippen LogP contribution < -0.4 is 15.8 Å². The van der Waals surface area contributed by atoms with E-state index in [-0.39, 0.29) is 0 Å². The summed E-state index contributed by atoms with van der Waals surface area (Å²) in [6, 6.07) is 7.84. The Morgan fingerprint density at radius 3 is 2.53 bits per heavy atom. The lowest BCUT2D eigenvalue weighted by atomic mass is 10.1. The lowest BCUT2D eigenvalue weighted by molar-refractivity contribution is 0.413. The SMILES string of the molecule is COc1c(C)cc(C)cc1Nc1ccc(N)c(C)n1. The maximum absolute atomic E-state index is 5.77. The highest BCUT2D eigenvalue weighted by atomic mass is 16.5. The first-order valence-electron chi connectivity index (χ1n) is 6.16. The minimum atomic E-state index is 0.693. The second-order valence-electron chi connectivity index (χ2n) is 4.66. The van der Waals surface area contributed by atoms with Crippen LogP contribution in [0.4, 0.5) is 17.2 Å². The highest BCUT2D eigenvalue weighted by Gasteiger charge is 2.08. The van der Waals surface area contributed by atoms with Gasteiger partial charge in [0.05, 0.1) is 24.2 Å². The molecule has 0 aliphatic rings. The van der Waals surface area contributed by atoms with Crippen LogP contribution in [0.3, 0.4) is 0 Å². The Morgan fingerprint density at radius 2 is 1.89 bits per heavy atom. The van der Waals surface area contributed by atoms with E-state index in [1.807, 2.05) is 32.0 Å². The van der Waals surface area contributed by atoms with Crippen molar-refractivity contribution in [1.82, 2.24) is 4.98 Å². The first-order valence-corrected chi connectivity index (χ1v) is 6.16. The first-order chi connectivity index (χ1) is 9.01. The van der Waals surface area contributed by atoms with Gasteiger partial charge < -0.3 is 15.8 Å². The molecule has 1 heterocycles. The third kappa shape index (κ3) is 2.78. The topological polar surface area (TPSA) is 60.2 Å². The van der Waals surface area contributed by atoms with Gasteiger partial charge in [-0.2, -0.15) is 0 Å². The molecule has 0 amide bonds. The number of aryl methyl sites for hydroxylation is 3. The van der Waals surface area contributed by atoms with E-state index < -0.39 is 0 Å². The molecule has 100 valence electrons. The van der Waals surface area contributed by atoms with Crippen LogP contribution in [0.2, 0.25) is 0 Å². The third-order valence-corrected chi connectivity index (χ3v) is 3.01. The molecule has 0 saturated carbocycles. The molecule has 19 heavy (non-hydrogen) atoms. The minimum Gasteiger partial charge on any atom is -0.494 e. The van der Waals surface area contributed by atoms with Gasteiger partial charge in [0, 0.05) is 0 Å². The molecule has 0 bridgehead atoms. The zero-order valence-corrected chi connectivity index (χ0v) is 11.7. The van der Waals surface area contributed by atoms with E-state index in [0.29, 0.717) is 5.69 Å². The van der Waals surface area contributed by atoms with Gasteiger partial charge >= 0.3 is 0 Å². The monoisotopic (exact) mass is 257 g/mol. The van der Waals surface area contributed by atoms with Gasteiger partial charge in [0.15, 0.2) is 0 Å². The van der Waals surface area contributed by atoms with E-state index in [1.54, 1.807) is 7.11 Å². The maximum atomic E-state index is 5.77. The molecule has 1 aromatic carbocycles. The highest BCUT2D eigenvalue weighted by molar-refractivity contribution is 5.68. The van der Waals surface area contributed by atoms with Gasteiger partial charge in [0.2, 0.25) is 0 Å². The largest absolute Gasteiger partial charge is 0.494 e. The Bertz CT molecular complexity index is 609. The molecule has 0 atom stereocenters.